The van der Waals surface area contributed by atoms with Crippen molar-refractivity contribution < 1.29 is 0 Å². The molecule has 0 aromatic carbocycles. The van der Waals surface area contributed by atoms with Crippen LogP contribution in [0.25, 0.3) is 11.2 Å². The molecule has 1 atom stereocenters. The zero-order valence-electron chi connectivity index (χ0n) is 12.2. The van der Waals surface area contributed by atoms with E-state index in [0.717, 1.165) is 36.3 Å². The van der Waals surface area contributed by atoms with Crippen LogP contribution in [-0.2, 0) is 5.54 Å². The van der Waals surface area contributed by atoms with Gasteiger partial charge in [-0.1, -0.05) is 20.8 Å². The molecule has 0 aliphatic rings. The molecule has 0 fully saturated rings. The van der Waals surface area contributed by atoms with Crippen molar-refractivity contribution in [3.05, 3.63) is 24.2 Å². The minimum absolute atomic E-state index is 0.0571. The van der Waals surface area contributed by atoms with Crippen LogP contribution in [0.15, 0.2) is 18.3 Å². The second kappa shape index (κ2) is 5.49. The molecule has 104 valence electrons. The maximum Gasteiger partial charge on any atom is 0.160 e. The van der Waals surface area contributed by atoms with Crippen LogP contribution in [0.2, 0.25) is 0 Å². The summed E-state index contributed by atoms with van der Waals surface area (Å²) >= 11 is 6.35. The highest BCUT2D eigenvalue weighted by molar-refractivity contribution is 6.20. The largest absolute Gasteiger partial charge is 0.305 e. The highest BCUT2D eigenvalue weighted by Gasteiger charge is 2.32. The smallest absolute Gasteiger partial charge is 0.160 e. The van der Waals surface area contributed by atoms with E-state index in [9.17, 15) is 0 Å². The van der Waals surface area contributed by atoms with Crippen LogP contribution < -0.4 is 0 Å². The molecule has 0 N–H and O–H groups in total. The number of rotatable bonds is 5. The second-order valence-electron chi connectivity index (χ2n) is 5.05. The van der Waals surface area contributed by atoms with Gasteiger partial charge >= 0.3 is 0 Å². The van der Waals surface area contributed by atoms with Gasteiger partial charge in [-0.15, -0.1) is 11.6 Å². The molecule has 0 aliphatic carbocycles. The Hall–Kier alpha value is -1.09. The van der Waals surface area contributed by atoms with E-state index in [1.807, 2.05) is 25.3 Å². The monoisotopic (exact) mass is 279 g/mol. The maximum atomic E-state index is 6.35. The van der Waals surface area contributed by atoms with Gasteiger partial charge in [-0.25, -0.2) is 9.97 Å². The van der Waals surface area contributed by atoms with Gasteiger partial charge in [-0.05, 0) is 38.3 Å². The fraction of sp³-hybridized carbons (Fsp3) is 0.600. The number of hydrogen-bond acceptors (Lipinski definition) is 2. The van der Waals surface area contributed by atoms with Gasteiger partial charge in [-0.2, -0.15) is 0 Å². The predicted octanol–water partition coefficient (Wildman–Crippen LogP) is 4.66. The molecule has 3 nitrogen and oxygen atoms in total. The summed E-state index contributed by atoms with van der Waals surface area (Å²) in [7, 11) is 0. The third-order valence-electron chi connectivity index (χ3n) is 4.25. The van der Waals surface area contributed by atoms with Crippen molar-refractivity contribution in [2.75, 3.05) is 0 Å². The highest BCUT2D eigenvalue weighted by Crippen LogP contribution is 2.36. The number of alkyl halides is 1. The van der Waals surface area contributed by atoms with Crippen molar-refractivity contribution in [1.82, 2.24) is 14.5 Å². The van der Waals surface area contributed by atoms with E-state index < -0.39 is 0 Å². The Morgan fingerprint density at radius 1 is 1.26 bits per heavy atom. The SMILES string of the molecule is CCC(CC)(CC)n1c(C(C)Cl)nc2cccnc21. The van der Waals surface area contributed by atoms with Crippen molar-refractivity contribution >= 4 is 22.8 Å². The van der Waals surface area contributed by atoms with Crippen LogP contribution in [-0.4, -0.2) is 14.5 Å². The molecule has 1 unspecified atom stereocenters. The first-order valence-corrected chi connectivity index (χ1v) is 7.51. The lowest BCUT2D eigenvalue weighted by atomic mass is 9.89. The first kappa shape index (κ1) is 14.3. The van der Waals surface area contributed by atoms with Crippen LogP contribution >= 0.6 is 11.6 Å². The Bertz CT molecular complexity index is 547. The molecule has 0 radical (unpaired) electrons. The van der Waals surface area contributed by atoms with E-state index in [4.69, 9.17) is 16.6 Å². The molecule has 0 amide bonds. The topological polar surface area (TPSA) is 30.7 Å². The Morgan fingerprint density at radius 3 is 2.42 bits per heavy atom. The average Bonchev–Trinajstić information content (AvgIpc) is 2.82. The van der Waals surface area contributed by atoms with Gasteiger partial charge in [0.25, 0.3) is 0 Å². The van der Waals surface area contributed by atoms with Gasteiger partial charge in [0.05, 0.1) is 5.38 Å². The number of imidazole rings is 1. The summed E-state index contributed by atoms with van der Waals surface area (Å²) in [5, 5.41) is -0.113. The fourth-order valence-electron chi connectivity index (χ4n) is 2.89. The summed E-state index contributed by atoms with van der Waals surface area (Å²) in [4.78, 5) is 9.23. The third kappa shape index (κ3) is 2.25. The van der Waals surface area contributed by atoms with E-state index in [1.54, 1.807) is 0 Å². The molecule has 19 heavy (non-hydrogen) atoms. The lowest BCUT2D eigenvalue weighted by molar-refractivity contribution is 0.249. The Labute approximate surface area is 120 Å². The second-order valence-corrected chi connectivity index (χ2v) is 5.71. The van der Waals surface area contributed by atoms with E-state index in [-0.39, 0.29) is 10.9 Å². The van der Waals surface area contributed by atoms with Crippen molar-refractivity contribution in [1.29, 1.82) is 0 Å². The molecular formula is C15H22ClN3. The first-order chi connectivity index (χ1) is 9.09. The van der Waals surface area contributed by atoms with Crippen LogP contribution in [0.5, 0.6) is 0 Å². The van der Waals surface area contributed by atoms with E-state index in [0.29, 0.717) is 0 Å². The lowest BCUT2D eigenvalue weighted by Crippen LogP contribution is -2.33. The Kier molecular flexibility index (Phi) is 4.14. The van der Waals surface area contributed by atoms with Crippen molar-refractivity contribution in [3.63, 3.8) is 0 Å². The summed E-state index contributed by atoms with van der Waals surface area (Å²) in [5.74, 6) is 0.931. The van der Waals surface area contributed by atoms with Gasteiger partial charge in [0.2, 0.25) is 0 Å². The van der Waals surface area contributed by atoms with Crippen LogP contribution in [0.1, 0.15) is 58.2 Å². The molecule has 4 heteroatoms. The molecule has 0 saturated carbocycles. The van der Waals surface area contributed by atoms with Gasteiger partial charge in [0.1, 0.15) is 11.3 Å². The molecule has 0 aliphatic heterocycles. The minimum atomic E-state index is -0.113. The summed E-state index contributed by atoms with van der Waals surface area (Å²) < 4.78 is 2.28. The van der Waals surface area contributed by atoms with Crippen LogP contribution in [0.4, 0.5) is 0 Å². The molecular weight excluding hydrogens is 258 g/mol. The number of pyridine rings is 1. The molecule has 0 spiro atoms. The molecule has 0 bridgehead atoms. The van der Waals surface area contributed by atoms with Gasteiger partial charge in [0.15, 0.2) is 5.65 Å². The zero-order valence-corrected chi connectivity index (χ0v) is 12.9. The molecule has 2 rings (SSSR count). The summed E-state index contributed by atoms with van der Waals surface area (Å²) in [6.07, 6.45) is 4.99. The lowest BCUT2D eigenvalue weighted by Gasteiger charge is -2.34. The number of halogens is 1. The van der Waals surface area contributed by atoms with Gasteiger partial charge in [-0.3, -0.25) is 0 Å². The standard InChI is InChI=1S/C15H22ClN3/c1-5-15(6-2,7-3)19-13(11(4)16)18-12-9-8-10-17-14(12)19/h8-11H,5-7H2,1-4H3. The zero-order chi connectivity index (χ0) is 14.0. The molecule has 0 saturated heterocycles. The number of fused-ring (bicyclic) bond motifs is 1. The summed E-state index contributed by atoms with van der Waals surface area (Å²) in [6.45, 7) is 8.66. The van der Waals surface area contributed by atoms with Crippen molar-refractivity contribution in [2.45, 2.75) is 57.9 Å². The summed E-state index contributed by atoms with van der Waals surface area (Å²) in [5.41, 5.74) is 1.95. The van der Waals surface area contributed by atoms with E-state index >= 15 is 0 Å². The Morgan fingerprint density at radius 2 is 1.89 bits per heavy atom. The molecule has 2 aromatic rings. The highest BCUT2D eigenvalue weighted by atomic mass is 35.5. The van der Waals surface area contributed by atoms with Crippen molar-refractivity contribution in [3.8, 4) is 0 Å². The van der Waals surface area contributed by atoms with Gasteiger partial charge < -0.3 is 4.57 Å². The first-order valence-electron chi connectivity index (χ1n) is 7.07. The molecule has 2 heterocycles. The van der Waals surface area contributed by atoms with E-state index in [1.165, 1.54) is 0 Å². The number of hydrogen-bond donors (Lipinski definition) is 0. The van der Waals surface area contributed by atoms with E-state index in [2.05, 4.69) is 30.3 Å². The fourth-order valence-corrected chi connectivity index (χ4v) is 3.04. The Balaban J connectivity index is 2.78. The average molecular weight is 280 g/mol. The van der Waals surface area contributed by atoms with Crippen LogP contribution in [0.3, 0.4) is 0 Å². The molecule has 2 aromatic heterocycles. The minimum Gasteiger partial charge on any atom is -0.305 e. The normalized spacial score (nSPS) is 13.9. The summed E-state index contributed by atoms with van der Waals surface area (Å²) in [6, 6.07) is 3.93. The third-order valence-corrected chi connectivity index (χ3v) is 4.44. The predicted molar refractivity (Wildman–Crippen MR) is 80.6 cm³/mol. The number of aromatic nitrogens is 3. The van der Waals surface area contributed by atoms with Crippen molar-refractivity contribution in [2.24, 2.45) is 0 Å². The number of nitrogens with zero attached hydrogens (tertiary/aromatic N) is 3. The van der Waals surface area contributed by atoms with Gasteiger partial charge in [0, 0.05) is 11.7 Å². The van der Waals surface area contributed by atoms with Crippen LogP contribution in [0, 0.1) is 0 Å². The quantitative estimate of drug-likeness (QED) is 0.746. The maximum absolute atomic E-state index is 6.35.